The standard InChI is InChI=1S/C16H21N2OS2/c1-5-10-17-14(16(3,4)21-15(17)20)18(19)11-13-8-6-12(2)7-9-13/h5-9,11,14,19H,1,10H2,2-4H3/q+1. The van der Waals surface area contributed by atoms with E-state index in [0.717, 1.165) is 9.88 Å². The Hall–Kier alpha value is -1.33. The van der Waals surface area contributed by atoms with Crippen LogP contribution in [0.4, 0.5) is 0 Å². The summed E-state index contributed by atoms with van der Waals surface area (Å²) < 4.78 is 1.86. The zero-order valence-electron chi connectivity index (χ0n) is 12.6. The molecule has 1 unspecified atom stereocenters. The third-order valence-electron chi connectivity index (χ3n) is 3.44. The molecule has 5 heteroatoms. The van der Waals surface area contributed by atoms with Crippen molar-refractivity contribution in [3.63, 3.8) is 0 Å². The fraction of sp³-hybridized carbons (Fsp3) is 0.375. The lowest BCUT2D eigenvalue weighted by atomic mass is 10.1. The van der Waals surface area contributed by atoms with Crippen molar-refractivity contribution in [2.75, 3.05) is 6.54 Å². The van der Waals surface area contributed by atoms with E-state index in [1.165, 1.54) is 10.3 Å². The molecule has 0 aromatic heterocycles. The third kappa shape index (κ3) is 3.47. The van der Waals surface area contributed by atoms with E-state index in [1.54, 1.807) is 24.1 Å². The molecule has 1 aromatic rings. The van der Waals surface area contributed by atoms with E-state index in [1.807, 2.05) is 36.1 Å². The Kier molecular flexibility index (Phi) is 4.74. The summed E-state index contributed by atoms with van der Waals surface area (Å²) in [6, 6.07) is 8.04. The van der Waals surface area contributed by atoms with Crippen LogP contribution in [0.3, 0.4) is 0 Å². The third-order valence-corrected chi connectivity index (χ3v) is 5.07. The molecule has 1 heterocycles. The fourth-order valence-electron chi connectivity index (χ4n) is 2.46. The largest absolute Gasteiger partial charge is 0.292 e. The van der Waals surface area contributed by atoms with Crippen LogP contribution < -0.4 is 0 Å². The van der Waals surface area contributed by atoms with Gasteiger partial charge in [-0.2, -0.15) is 0 Å². The van der Waals surface area contributed by atoms with Gasteiger partial charge >= 0.3 is 0 Å². The highest BCUT2D eigenvalue weighted by atomic mass is 32.2. The Morgan fingerprint density at radius 3 is 2.62 bits per heavy atom. The van der Waals surface area contributed by atoms with E-state index in [-0.39, 0.29) is 10.9 Å². The number of hydrogen-bond acceptors (Lipinski definition) is 3. The molecule has 2 rings (SSSR count). The van der Waals surface area contributed by atoms with E-state index in [2.05, 4.69) is 20.4 Å². The predicted molar refractivity (Wildman–Crippen MR) is 93.4 cm³/mol. The van der Waals surface area contributed by atoms with E-state index in [0.29, 0.717) is 6.54 Å². The first kappa shape index (κ1) is 16.0. The summed E-state index contributed by atoms with van der Waals surface area (Å²) in [5.74, 6) is 0. The molecule has 0 aliphatic carbocycles. The average molecular weight is 321 g/mol. The summed E-state index contributed by atoms with van der Waals surface area (Å²) in [5.41, 5.74) is 2.16. The molecule has 3 nitrogen and oxygen atoms in total. The summed E-state index contributed by atoms with van der Waals surface area (Å²) in [7, 11) is 0. The van der Waals surface area contributed by atoms with Gasteiger partial charge in [0, 0.05) is 12.1 Å². The molecule has 1 aliphatic heterocycles. The molecular weight excluding hydrogens is 300 g/mol. The molecule has 1 aromatic carbocycles. The second kappa shape index (κ2) is 6.20. The van der Waals surface area contributed by atoms with Crippen LogP contribution in [0.1, 0.15) is 25.0 Å². The number of thioether (sulfide) groups is 1. The molecule has 112 valence electrons. The van der Waals surface area contributed by atoms with E-state index in [4.69, 9.17) is 12.2 Å². The van der Waals surface area contributed by atoms with Gasteiger partial charge < -0.3 is 0 Å². The van der Waals surface area contributed by atoms with Crippen molar-refractivity contribution in [1.82, 2.24) is 4.90 Å². The minimum atomic E-state index is -0.214. The predicted octanol–water partition coefficient (Wildman–Crippen LogP) is 3.44. The molecule has 1 N–H and O–H groups in total. The fourth-order valence-corrected chi connectivity index (χ4v) is 4.36. The van der Waals surface area contributed by atoms with Gasteiger partial charge in [-0.1, -0.05) is 47.8 Å². The highest BCUT2D eigenvalue weighted by Gasteiger charge is 2.52. The Morgan fingerprint density at radius 2 is 2.05 bits per heavy atom. The zero-order valence-corrected chi connectivity index (χ0v) is 14.2. The van der Waals surface area contributed by atoms with Crippen molar-refractivity contribution < 1.29 is 9.95 Å². The molecule has 1 saturated heterocycles. The van der Waals surface area contributed by atoms with Crippen molar-refractivity contribution in [2.45, 2.75) is 31.7 Å². The topological polar surface area (TPSA) is 26.5 Å². The Balaban J connectivity index is 2.33. The van der Waals surface area contributed by atoms with Gasteiger partial charge in [-0.25, -0.2) is 0 Å². The number of hydroxylamine groups is 1. The molecule has 0 radical (unpaired) electrons. The van der Waals surface area contributed by atoms with E-state index < -0.39 is 0 Å². The molecular formula is C16H21N2OS2+. The zero-order chi connectivity index (χ0) is 15.6. The molecule has 0 saturated carbocycles. The van der Waals surface area contributed by atoms with Crippen LogP contribution >= 0.6 is 24.0 Å². The summed E-state index contributed by atoms with van der Waals surface area (Å²) in [4.78, 5) is 2.00. The Labute approximate surface area is 135 Å². The number of thiocarbonyl (C=S) groups is 1. The van der Waals surface area contributed by atoms with E-state index >= 15 is 0 Å². The molecule has 0 amide bonds. The molecule has 21 heavy (non-hydrogen) atoms. The van der Waals surface area contributed by atoms with Crippen LogP contribution in [0.25, 0.3) is 0 Å². The minimum Gasteiger partial charge on any atom is -0.291 e. The number of nitrogens with zero attached hydrogens (tertiary/aromatic N) is 2. The van der Waals surface area contributed by atoms with Crippen molar-refractivity contribution in [3.05, 3.63) is 48.0 Å². The number of rotatable bonds is 4. The normalized spacial score (nSPS) is 21.7. The maximum atomic E-state index is 10.6. The first-order chi connectivity index (χ1) is 9.85. The van der Waals surface area contributed by atoms with Gasteiger partial charge in [-0.05, 0) is 37.6 Å². The molecule has 1 fully saturated rings. The lowest BCUT2D eigenvalue weighted by molar-refractivity contribution is -0.808. The smallest absolute Gasteiger partial charge is 0.291 e. The number of aryl methyl sites for hydroxylation is 1. The van der Waals surface area contributed by atoms with Crippen LogP contribution in [0.5, 0.6) is 0 Å². The first-order valence-electron chi connectivity index (χ1n) is 6.84. The van der Waals surface area contributed by atoms with Gasteiger partial charge in [0.2, 0.25) is 6.21 Å². The van der Waals surface area contributed by atoms with Crippen LogP contribution in [0.15, 0.2) is 36.9 Å². The van der Waals surface area contributed by atoms with Crippen LogP contribution in [-0.4, -0.2) is 42.8 Å². The van der Waals surface area contributed by atoms with Crippen LogP contribution in [0, 0.1) is 6.92 Å². The van der Waals surface area contributed by atoms with Gasteiger partial charge in [0.1, 0.15) is 9.07 Å². The van der Waals surface area contributed by atoms with Crippen molar-refractivity contribution in [1.29, 1.82) is 0 Å². The second-order valence-corrected chi connectivity index (χ2v) is 7.99. The minimum absolute atomic E-state index is 0.198. The molecule has 0 bridgehead atoms. The maximum absolute atomic E-state index is 10.6. The van der Waals surface area contributed by atoms with Gasteiger partial charge in [0.15, 0.2) is 0 Å². The molecule has 1 atom stereocenters. The van der Waals surface area contributed by atoms with Crippen LogP contribution in [-0.2, 0) is 0 Å². The summed E-state index contributed by atoms with van der Waals surface area (Å²) in [5, 5.41) is 10.6. The highest BCUT2D eigenvalue weighted by molar-refractivity contribution is 8.24. The lowest BCUT2D eigenvalue weighted by Gasteiger charge is -2.24. The number of hydrogen-bond donors (Lipinski definition) is 1. The number of benzene rings is 1. The van der Waals surface area contributed by atoms with Gasteiger partial charge in [0.05, 0.1) is 0 Å². The maximum Gasteiger partial charge on any atom is 0.292 e. The second-order valence-electron chi connectivity index (χ2n) is 5.71. The summed E-state index contributed by atoms with van der Waals surface area (Å²) in [6.45, 7) is 10.6. The Morgan fingerprint density at radius 1 is 1.43 bits per heavy atom. The van der Waals surface area contributed by atoms with Gasteiger partial charge in [0.25, 0.3) is 6.17 Å². The van der Waals surface area contributed by atoms with Crippen molar-refractivity contribution in [2.24, 2.45) is 0 Å². The first-order valence-corrected chi connectivity index (χ1v) is 8.07. The average Bonchev–Trinajstić information content (AvgIpc) is 2.62. The van der Waals surface area contributed by atoms with Gasteiger partial charge in [-0.3, -0.25) is 10.1 Å². The van der Waals surface area contributed by atoms with Crippen molar-refractivity contribution >= 4 is 34.5 Å². The quantitative estimate of drug-likeness (QED) is 0.229. The monoisotopic (exact) mass is 321 g/mol. The lowest BCUT2D eigenvalue weighted by Crippen LogP contribution is -2.48. The SMILES string of the molecule is C=CCN1C(=S)SC(C)(C)C1[N+](O)=Cc1ccc(C)cc1. The Bertz CT molecular complexity index is 578. The van der Waals surface area contributed by atoms with Crippen LogP contribution in [0.2, 0.25) is 0 Å². The summed E-state index contributed by atoms with van der Waals surface area (Å²) >= 11 is 7.03. The molecule has 0 spiro atoms. The molecule has 1 aliphatic rings. The van der Waals surface area contributed by atoms with E-state index in [9.17, 15) is 5.21 Å². The van der Waals surface area contributed by atoms with Crippen molar-refractivity contribution in [3.8, 4) is 0 Å². The summed E-state index contributed by atoms with van der Waals surface area (Å²) in [6.07, 6.45) is 3.34. The highest BCUT2D eigenvalue weighted by Crippen LogP contribution is 2.41. The van der Waals surface area contributed by atoms with Gasteiger partial charge in [-0.15, -0.1) is 6.58 Å².